The van der Waals surface area contributed by atoms with E-state index in [-0.39, 0.29) is 29.1 Å². The Morgan fingerprint density at radius 2 is 1.46 bits per heavy atom. The Kier molecular flexibility index (Phi) is 10.5. The molecular formula is C26H43F3N6. The van der Waals surface area contributed by atoms with Crippen LogP contribution >= 0.6 is 0 Å². The number of anilines is 1. The molecule has 0 atom stereocenters. The summed E-state index contributed by atoms with van der Waals surface area (Å²) >= 11 is 0. The minimum Gasteiger partial charge on any atom is -0.349 e. The number of aromatic nitrogens is 5. The van der Waals surface area contributed by atoms with Crippen molar-refractivity contribution in [3.05, 3.63) is 29.3 Å². The molecule has 9 heteroatoms. The maximum Gasteiger partial charge on any atom is 0.433 e. The molecule has 0 saturated carbocycles. The van der Waals surface area contributed by atoms with Crippen molar-refractivity contribution in [2.75, 3.05) is 5.32 Å². The molecule has 198 valence electrons. The summed E-state index contributed by atoms with van der Waals surface area (Å²) in [6.45, 7) is 12.6. The van der Waals surface area contributed by atoms with Gasteiger partial charge in [0.05, 0.1) is 16.9 Å². The van der Waals surface area contributed by atoms with Gasteiger partial charge in [0.25, 0.3) is 0 Å². The van der Waals surface area contributed by atoms with Gasteiger partial charge in [0.1, 0.15) is 5.69 Å². The van der Waals surface area contributed by atoms with E-state index in [0.29, 0.717) is 5.69 Å². The Labute approximate surface area is 208 Å². The van der Waals surface area contributed by atoms with Crippen molar-refractivity contribution in [1.29, 1.82) is 0 Å². The summed E-state index contributed by atoms with van der Waals surface area (Å²) in [7, 11) is 0. The molecule has 1 N–H and O–H groups in total. The molecule has 6 nitrogen and oxygen atoms in total. The fourth-order valence-electron chi connectivity index (χ4n) is 4.23. The first kappa shape index (κ1) is 29.0. The first-order valence-electron chi connectivity index (χ1n) is 13.1. The largest absolute Gasteiger partial charge is 0.433 e. The zero-order valence-electron chi connectivity index (χ0n) is 22.3. The molecule has 2 heterocycles. The second-order valence-electron chi connectivity index (χ2n) is 10.6. The molecule has 0 bridgehead atoms. The summed E-state index contributed by atoms with van der Waals surface area (Å²) in [6, 6.07) is 1.02. The highest BCUT2D eigenvalue weighted by Gasteiger charge is 2.35. The third kappa shape index (κ3) is 9.08. The number of halogens is 3. The SMILES string of the molecule is CCCCCC(C)(C)n1cc(Cc2cc(C(F)(F)F)nc(NC(C)(CCCC)CCCC)n2)nn1. The molecule has 0 fully saturated rings. The van der Waals surface area contributed by atoms with Crippen LogP contribution in [0.25, 0.3) is 0 Å². The average Bonchev–Trinajstić information content (AvgIpc) is 3.25. The number of nitrogens with zero attached hydrogens (tertiary/aromatic N) is 5. The highest BCUT2D eigenvalue weighted by Crippen LogP contribution is 2.31. The number of alkyl halides is 3. The van der Waals surface area contributed by atoms with Gasteiger partial charge in [0.15, 0.2) is 0 Å². The molecule has 0 saturated heterocycles. The quantitative estimate of drug-likeness (QED) is 0.258. The number of unbranched alkanes of at least 4 members (excludes halogenated alkanes) is 4. The van der Waals surface area contributed by atoms with Gasteiger partial charge in [-0.25, -0.2) is 14.6 Å². The summed E-state index contributed by atoms with van der Waals surface area (Å²) in [4.78, 5) is 8.32. The zero-order chi connectivity index (χ0) is 26.1. The van der Waals surface area contributed by atoms with Crippen LogP contribution in [0.15, 0.2) is 12.3 Å². The van der Waals surface area contributed by atoms with E-state index in [1.807, 2.05) is 17.8 Å². The molecule has 0 radical (unpaired) electrons. The van der Waals surface area contributed by atoms with E-state index in [9.17, 15) is 13.2 Å². The van der Waals surface area contributed by atoms with Crippen molar-refractivity contribution in [3.8, 4) is 0 Å². The fraction of sp³-hybridized carbons (Fsp3) is 0.769. The van der Waals surface area contributed by atoms with Crippen LogP contribution in [0.3, 0.4) is 0 Å². The molecule has 0 unspecified atom stereocenters. The maximum absolute atomic E-state index is 13.7. The predicted octanol–water partition coefficient (Wildman–Crippen LogP) is 7.54. The molecular weight excluding hydrogens is 453 g/mol. The standard InChI is InChI=1S/C26H43F3N6/c1-7-10-13-14-24(4,5)35-19-21(33-34-35)17-20-18-22(26(27,28)29)31-23(30-20)32-25(6,15-11-8-2)16-12-9-3/h18-19H,7-17H2,1-6H3,(H,30,31,32). The molecule has 2 aromatic heterocycles. The van der Waals surface area contributed by atoms with Crippen molar-refractivity contribution in [2.24, 2.45) is 0 Å². The minimum absolute atomic E-state index is 0.0248. The van der Waals surface area contributed by atoms with Crippen LogP contribution in [0.4, 0.5) is 19.1 Å². The number of hydrogen-bond acceptors (Lipinski definition) is 5. The van der Waals surface area contributed by atoms with Crippen LogP contribution in [-0.2, 0) is 18.1 Å². The molecule has 0 spiro atoms. The fourth-order valence-corrected chi connectivity index (χ4v) is 4.23. The van der Waals surface area contributed by atoms with Gasteiger partial charge in [-0.15, -0.1) is 5.10 Å². The lowest BCUT2D eigenvalue weighted by Crippen LogP contribution is -2.36. The number of nitrogens with one attached hydrogen (secondary N) is 1. The lowest BCUT2D eigenvalue weighted by molar-refractivity contribution is -0.141. The third-order valence-corrected chi connectivity index (χ3v) is 6.56. The summed E-state index contributed by atoms with van der Waals surface area (Å²) in [5.74, 6) is 0.0248. The molecule has 0 amide bonds. The second-order valence-corrected chi connectivity index (χ2v) is 10.6. The van der Waals surface area contributed by atoms with Gasteiger partial charge < -0.3 is 5.32 Å². The van der Waals surface area contributed by atoms with Crippen molar-refractivity contribution < 1.29 is 13.2 Å². The Bertz CT molecular complexity index is 899. The zero-order valence-corrected chi connectivity index (χ0v) is 22.3. The Morgan fingerprint density at radius 3 is 2.03 bits per heavy atom. The van der Waals surface area contributed by atoms with Crippen LogP contribution in [0.1, 0.15) is 123 Å². The van der Waals surface area contributed by atoms with Crippen LogP contribution in [0.5, 0.6) is 0 Å². The van der Waals surface area contributed by atoms with Gasteiger partial charge in [-0.2, -0.15) is 13.2 Å². The summed E-state index contributed by atoms with van der Waals surface area (Å²) < 4.78 is 42.9. The highest BCUT2D eigenvalue weighted by atomic mass is 19.4. The van der Waals surface area contributed by atoms with Gasteiger partial charge in [-0.1, -0.05) is 70.9 Å². The second kappa shape index (κ2) is 12.7. The smallest absolute Gasteiger partial charge is 0.349 e. The third-order valence-electron chi connectivity index (χ3n) is 6.56. The lowest BCUT2D eigenvalue weighted by atomic mass is 9.89. The van der Waals surface area contributed by atoms with Crippen LogP contribution in [-0.4, -0.2) is 30.5 Å². The molecule has 0 aliphatic rings. The summed E-state index contributed by atoms with van der Waals surface area (Å²) in [5, 5.41) is 11.8. The summed E-state index contributed by atoms with van der Waals surface area (Å²) in [5.41, 5.74) is -0.647. The molecule has 0 aliphatic carbocycles. The van der Waals surface area contributed by atoms with E-state index in [1.54, 1.807) is 0 Å². The van der Waals surface area contributed by atoms with E-state index < -0.39 is 11.9 Å². The highest BCUT2D eigenvalue weighted by molar-refractivity contribution is 5.34. The minimum atomic E-state index is -4.56. The predicted molar refractivity (Wildman–Crippen MR) is 134 cm³/mol. The van der Waals surface area contributed by atoms with E-state index >= 15 is 0 Å². The number of rotatable bonds is 15. The summed E-state index contributed by atoms with van der Waals surface area (Å²) in [6.07, 6.45) is 7.44. The van der Waals surface area contributed by atoms with Gasteiger partial charge in [-0.3, -0.25) is 0 Å². The van der Waals surface area contributed by atoms with Crippen molar-refractivity contribution in [3.63, 3.8) is 0 Å². The molecule has 2 rings (SSSR count). The lowest BCUT2D eigenvalue weighted by Gasteiger charge is -2.31. The van der Waals surface area contributed by atoms with E-state index in [4.69, 9.17) is 0 Å². The van der Waals surface area contributed by atoms with E-state index in [1.165, 1.54) is 0 Å². The van der Waals surface area contributed by atoms with Crippen LogP contribution < -0.4 is 5.32 Å². The molecule has 0 aromatic carbocycles. The van der Waals surface area contributed by atoms with E-state index in [2.05, 4.69) is 60.2 Å². The van der Waals surface area contributed by atoms with Crippen molar-refractivity contribution >= 4 is 5.95 Å². The van der Waals surface area contributed by atoms with Crippen LogP contribution in [0, 0.1) is 0 Å². The first-order chi connectivity index (χ1) is 16.4. The van der Waals surface area contributed by atoms with Crippen LogP contribution in [0.2, 0.25) is 0 Å². The van der Waals surface area contributed by atoms with Crippen molar-refractivity contribution in [2.45, 2.75) is 129 Å². The Balaban J connectivity index is 2.30. The maximum atomic E-state index is 13.7. The van der Waals surface area contributed by atoms with Gasteiger partial charge >= 0.3 is 6.18 Å². The number of hydrogen-bond donors (Lipinski definition) is 1. The normalized spacial score (nSPS) is 12.8. The van der Waals surface area contributed by atoms with Crippen molar-refractivity contribution in [1.82, 2.24) is 25.0 Å². The van der Waals surface area contributed by atoms with Gasteiger partial charge in [0, 0.05) is 18.2 Å². The first-order valence-corrected chi connectivity index (χ1v) is 13.1. The Morgan fingerprint density at radius 1 is 0.829 bits per heavy atom. The molecule has 35 heavy (non-hydrogen) atoms. The van der Waals surface area contributed by atoms with E-state index in [0.717, 1.165) is 70.3 Å². The topological polar surface area (TPSA) is 68.5 Å². The monoisotopic (exact) mass is 496 g/mol. The molecule has 2 aromatic rings. The van der Waals surface area contributed by atoms with Gasteiger partial charge in [0.2, 0.25) is 5.95 Å². The molecule has 0 aliphatic heterocycles. The average molecular weight is 497 g/mol. The van der Waals surface area contributed by atoms with Gasteiger partial charge in [-0.05, 0) is 46.1 Å². The Hall–Kier alpha value is -2.19.